The molecule has 7 heteroatoms. The maximum absolute atomic E-state index is 13.1. The minimum atomic E-state index is -0.778. The lowest BCUT2D eigenvalue weighted by Crippen LogP contribution is -2.54. The zero-order chi connectivity index (χ0) is 22.8. The Morgan fingerprint density at radius 2 is 1.56 bits per heavy atom. The van der Waals surface area contributed by atoms with Crippen LogP contribution in [0.4, 0.5) is 10.5 Å². The van der Waals surface area contributed by atoms with E-state index in [1.54, 1.807) is 43.3 Å². The second kappa shape index (κ2) is 8.99. The highest BCUT2D eigenvalue weighted by atomic mass is 35.5. The number of nitrogens with zero attached hydrogens (tertiary/aromatic N) is 1. The van der Waals surface area contributed by atoms with E-state index in [-0.39, 0.29) is 5.57 Å². The minimum absolute atomic E-state index is 0.150. The summed E-state index contributed by atoms with van der Waals surface area (Å²) in [6.07, 6.45) is 1.98. The van der Waals surface area contributed by atoms with Gasteiger partial charge < -0.3 is 0 Å². The van der Waals surface area contributed by atoms with Crippen LogP contribution >= 0.6 is 23.2 Å². The van der Waals surface area contributed by atoms with Gasteiger partial charge in [-0.15, -0.1) is 0 Å². The van der Waals surface area contributed by atoms with Crippen LogP contribution in [0.25, 0.3) is 6.08 Å². The number of nitrogens with one attached hydrogen (secondary N) is 1. The van der Waals surface area contributed by atoms with Gasteiger partial charge in [0.25, 0.3) is 11.8 Å². The Balaban J connectivity index is 1.65. The van der Waals surface area contributed by atoms with E-state index in [4.69, 9.17) is 23.2 Å². The largest absolute Gasteiger partial charge is 0.335 e. The Kier molecular flexibility index (Phi) is 6.12. The average Bonchev–Trinajstić information content (AvgIpc) is 2.75. The average molecular weight is 465 g/mol. The summed E-state index contributed by atoms with van der Waals surface area (Å²) in [5, 5.41) is 3.37. The van der Waals surface area contributed by atoms with Crippen LogP contribution in [0.1, 0.15) is 22.3 Å². The lowest BCUT2D eigenvalue weighted by molar-refractivity contribution is -0.122. The number of carbonyl (C=O) groups is 3. The number of amides is 4. The Morgan fingerprint density at radius 1 is 0.875 bits per heavy atom. The summed E-state index contributed by atoms with van der Waals surface area (Å²) in [6.45, 7) is 1.78. The summed E-state index contributed by atoms with van der Waals surface area (Å²) in [6, 6.07) is 19.0. The van der Waals surface area contributed by atoms with Crippen molar-refractivity contribution in [2.45, 2.75) is 13.3 Å². The van der Waals surface area contributed by atoms with E-state index < -0.39 is 17.8 Å². The molecule has 1 aliphatic rings. The van der Waals surface area contributed by atoms with E-state index in [0.29, 0.717) is 27.7 Å². The molecule has 0 radical (unpaired) electrons. The predicted molar refractivity (Wildman–Crippen MR) is 126 cm³/mol. The van der Waals surface area contributed by atoms with Crippen molar-refractivity contribution in [3.05, 3.63) is 105 Å². The summed E-state index contributed by atoms with van der Waals surface area (Å²) >= 11 is 12.7. The molecular formula is C25H18Cl2N2O3. The van der Waals surface area contributed by atoms with Crippen molar-refractivity contribution < 1.29 is 14.4 Å². The molecular weight excluding hydrogens is 447 g/mol. The van der Waals surface area contributed by atoms with E-state index in [1.165, 1.54) is 6.08 Å². The highest BCUT2D eigenvalue weighted by Crippen LogP contribution is 2.27. The number of rotatable bonds is 4. The van der Waals surface area contributed by atoms with Gasteiger partial charge in [0.2, 0.25) is 0 Å². The van der Waals surface area contributed by atoms with Crippen molar-refractivity contribution in [3.63, 3.8) is 0 Å². The highest BCUT2D eigenvalue weighted by molar-refractivity contribution is 6.39. The fraction of sp³-hybridized carbons (Fsp3) is 0.0800. The quantitative estimate of drug-likeness (QED) is 0.405. The van der Waals surface area contributed by atoms with E-state index in [2.05, 4.69) is 5.32 Å². The number of halogens is 2. The smallest absolute Gasteiger partial charge is 0.273 e. The van der Waals surface area contributed by atoms with E-state index in [9.17, 15) is 14.4 Å². The van der Waals surface area contributed by atoms with Gasteiger partial charge in [-0.3, -0.25) is 14.9 Å². The van der Waals surface area contributed by atoms with Gasteiger partial charge in [0.05, 0.1) is 5.69 Å². The fourth-order valence-corrected chi connectivity index (χ4v) is 3.96. The number of hydrogen-bond donors (Lipinski definition) is 1. The lowest BCUT2D eigenvalue weighted by atomic mass is 10.0. The zero-order valence-corrected chi connectivity index (χ0v) is 18.6. The minimum Gasteiger partial charge on any atom is -0.273 e. The van der Waals surface area contributed by atoms with Crippen LogP contribution in [0.2, 0.25) is 10.0 Å². The molecule has 3 aromatic rings. The number of barbiturate groups is 1. The summed E-state index contributed by atoms with van der Waals surface area (Å²) in [5.41, 5.74) is 3.37. The van der Waals surface area contributed by atoms with Gasteiger partial charge in [-0.2, -0.15) is 0 Å². The number of para-hydroxylation sites is 1. The van der Waals surface area contributed by atoms with Crippen molar-refractivity contribution >= 4 is 52.8 Å². The van der Waals surface area contributed by atoms with Crippen LogP contribution in [0.5, 0.6) is 0 Å². The number of urea groups is 1. The molecule has 3 aromatic carbocycles. The molecule has 1 saturated heterocycles. The van der Waals surface area contributed by atoms with Crippen LogP contribution in [-0.4, -0.2) is 17.8 Å². The zero-order valence-electron chi connectivity index (χ0n) is 17.1. The van der Waals surface area contributed by atoms with Gasteiger partial charge in [-0.25, -0.2) is 9.69 Å². The number of hydrogen-bond acceptors (Lipinski definition) is 3. The first-order valence-corrected chi connectivity index (χ1v) is 10.6. The molecule has 4 rings (SSSR count). The third-order valence-corrected chi connectivity index (χ3v) is 5.91. The van der Waals surface area contributed by atoms with Gasteiger partial charge in [0, 0.05) is 16.5 Å². The fourth-order valence-electron chi connectivity index (χ4n) is 3.50. The molecule has 1 aliphatic heterocycles. The summed E-state index contributed by atoms with van der Waals surface area (Å²) in [4.78, 5) is 38.8. The Labute approximate surface area is 195 Å². The van der Waals surface area contributed by atoms with Crippen molar-refractivity contribution in [3.8, 4) is 0 Å². The topological polar surface area (TPSA) is 66.5 Å². The summed E-state index contributed by atoms with van der Waals surface area (Å²) in [5.74, 6) is -1.44. The highest BCUT2D eigenvalue weighted by Gasteiger charge is 2.37. The number of carbonyl (C=O) groups excluding carboxylic acids is 3. The summed E-state index contributed by atoms with van der Waals surface area (Å²) < 4.78 is 0. The first kappa shape index (κ1) is 21.8. The molecule has 5 nitrogen and oxygen atoms in total. The molecule has 32 heavy (non-hydrogen) atoms. The number of anilines is 1. The van der Waals surface area contributed by atoms with Gasteiger partial charge in [0.15, 0.2) is 0 Å². The van der Waals surface area contributed by atoms with Gasteiger partial charge >= 0.3 is 6.03 Å². The first-order chi connectivity index (χ1) is 15.3. The van der Waals surface area contributed by atoms with Crippen LogP contribution in [0, 0.1) is 6.92 Å². The van der Waals surface area contributed by atoms with Gasteiger partial charge in [-0.05, 0) is 53.5 Å². The molecule has 0 bridgehead atoms. The molecule has 0 atom stereocenters. The SMILES string of the molecule is Cc1ccccc1N1C(=O)NC(=O)/C(=C\c2ccc(Cc3ccccc3Cl)c(Cl)c2)C1=O. The number of imide groups is 2. The van der Waals surface area contributed by atoms with E-state index in [1.807, 2.05) is 30.3 Å². The third kappa shape index (κ3) is 4.31. The molecule has 160 valence electrons. The van der Waals surface area contributed by atoms with E-state index in [0.717, 1.165) is 21.6 Å². The lowest BCUT2D eigenvalue weighted by Gasteiger charge is -2.27. The van der Waals surface area contributed by atoms with Gasteiger partial charge in [0.1, 0.15) is 5.57 Å². The van der Waals surface area contributed by atoms with Crippen molar-refractivity contribution in [1.29, 1.82) is 0 Å². The second-order valence-electron chi connectivity index (χ2n) is 7.36. The third-order valence-electron chi connectivity index (χ3n) is 5.18. The van der Waals surface area contributed by atoms with Crippen LogP contribution in [0.3, 0.4) is 0 Å². The number of aryl methyl sites for hydroxylation is 1. The summed E-state index contributed by atoms with van der Waals surface area (Å²) in [7, 11) is 0. The number of benzene rings is 3. The Hall–Kier alpha value is -3.41. The maximum Gasteiger partial charge on any atom is 0.335 e. The van der Waals surface area contributed by atoms with Crippen LogP contribution < -0.4 is 10.2 Å². The molecule has 1 fully saturated rings. The second-order valence-corrected chi connectivity index (χ2v) is 8.18. The Bertz CT molecular complexity index is 1280. The van der Waals surface area contributed by atoms with Crippen LogP contribution in [-0.2, 0) is 16.0 Å². The molecule has 0 spiro atoms. The monoisotopic (exact) mass is 464 g/mol. The molecule has 0 unspecified atom stereocenters. The van der Waals surface area contributed by atoms with Crippen LogP contribution in [0.15, 0.2) is 72.3 Å². The predicted octanol–water partition coefficient (Wildman–Crippen LogP) is 5.56. The molecule has 0 saturated carbocycles. The van der Waals surface area contributed by atoms with Crippen molar-refractivity contribution in [2.24, 2.45) is 0 Å². The standard InChI is InChI=1S/C25H18Cl2N2O3/c1-15-6-2-5-9-22(15)29-24(31)19(23(30)28-25(29)32)12-16-10-11-18(21(27)13-16)14-17-7-3-4-8-20(17)26/h2-13H,14H2,1H3,(H,28,30,32)/b19-12+. The Morgan fingerprint density at radius 3 is 2.28 bits per heavy atom. The van der Waals surface area contributed by atoms with E-state index >= 15 is 0 Å². The van der Waals surface area contributed by atoms with Gasteiger partial charge in [-0.1, -0.05) is 71.7 Å². The molecule has 0 aromatic heterocycles. The molecule has 0 aliphatic carbocycles. The molecule has 1 heterocycles. The maximum atomic E-state index is 13.1. The normalized spacial score (nSPS) is 15.3. The first-order valence-electron chi connectivity index (χ1n) is 9.84. The molecule has 1 N–H and O–H groups in total. The van der Waals surface area contributed by atoms with Crippen molar-refractivity contribution in [1.82, 2.24) is 5.32 Å². The molecule has 4 amide bonds. The van der Waals surface area contributed by atoms with Crippen molar-refractivity contribution in [2.75, 3.05) is 4.90 Å².